The molecule has 0 bridgehead atoms. The van der Waals surface area contributed by atoms with E-state index in [4.69, 9.17) is 4.74 Å². The first kappa shape index (κ1) is 24.0. The summed E-state index contributed by atoms with van der Waals surface area (Å²) < 4.78 is 33.1. The molecule has 1 unspecified atom stereocenters. The van der Waals surface area contributed by atoms with E-state index in [0.717, 1.165) is 36.1 Å². The minimum absolute atomic E-state index is 0.152. The maximum Gasteiger partial charge on any atom is 0.247 e. The van der Waals surface area contributed by atoms with Crippen molar-refractivity contribution in [2.45, 2.75) is 43.0 Å². The number of carbonyl (C=O) groups excluding carboxylic acids is 2. The first-order valence-electron chi connectivity index (χ1n) is 12.2. The summed E-state index contributed by atoms with van der Waals surface area (Å²) in [4.78, 5) is 29.3. The first-order valence-corrected chi connectivity index (χ1v) is 13.6. The van der Waals surface area contributed by atoms with Crippen molar-refractivity contribution in [2.75, 3.05) is 39.8 Å². The molecule has 2 saturated heterocycles. The van der Waals surface area contributed by atoms with Gasteiger partial charge in [0, 0.05) is 32.7 Å². The molecule has 35 heavy (non-hydrogen) atoms. The predicted molar refractivity (Wildman–Crippen MR) is 131 cm³/mol. The highest BCUT2D eigenvalue weighted by Crippen LogP contribution is 2.28. The van der Waals surface area contributed by atoms with Crippen molar-refractivity contribution in [2.24, 2.45) is 0 Å². The summed E-state index contributed by atoms with van der Waals surface area (Å²) in [5.41, 5.74) is 3.41. The van der Waals surface area contributed by atoms with Crippen LogP contribution in [0.5, 0.6) is 5.75 Å². The lowest BCUT2D eigenvalue weighted by Crippen LogP contribution is -2.53. The van der Waals surface area contributed by atoms with Crippen LogP contribution in [0, 0.1) is 0 Å². The molecule has 2 aliphatic heterocycles. The van der Waals surface area contributed by atoms with Crippen molar-refractivity contribution in [1.82, 2.24) is 14.1 Å². The van der Waals surface area contributed by atoms with Gasteiger partial charge in [-0.25, -0.2) is 8.42 Å². The minimum atomic E-state index is -3.57. The zero-order chi connectivity index (χ0) is 24.6. The second kappa shape index (κ2) is 9.72. The Morgan fingerprint density at radius 2 is 1.66 bits per heavy atom. The van der Waals surface area contributed by atoms with Gasteiger partial charge in [0.1, 0.15) is 5.75 Å². The molecule has 2 heterocycles. The third-order valence-electron chi connectivity index (χ3n) is 7.42. The van der Waals surface area contributed by atoms with Crippen LogP contribution in [0.3, 0.4) is 0 Å². The Morgan fingerprint density at radius 1 is 0.943 bits per heavy atom. The van der Waals surface area contributed by atoms with E-state index in [9.17, 15) is 18.0 Å². The number of imide groups is 1. The molecule has 0 N–H and O–H groups in total. The van der Waals surface area contributed by atoms with Gasteiger partial charge in [-0.3, -0.25) is 19.4 Å². The first-order chi connectivity index (χ1) is 16.9. The van der Waals surface area contributed by atoms with E-state index < -0.39 is 16.1 Å². The Kier molecular flexibility index (Phi) is 6.65. The smallest absolute Gasteiger partial charge is 0.247 e. The largest absolute Gasteiger partial charge is 0.497 e. The molecule has 0 saturated carbocycles. The molecule has 0 radical (unpaired) electrons. The molecule has 0 spiro atoms. The zero-order valence-electron chi connectivity index (χ0n) is 20.0. The topological polar surface area (TPSA) is 87.2 Å². The van der Waals surface area contributed by atoms with Gasteiger partial charge in [-0.2, -0.15) is 4.31 Å². The number of nitrogens with zero attached hydrogens (tertiary/aromatic N) is 3. The number of carbonyl (C=O) groups is 2. The molecule has 9 heteroatoms. The number of likely N-dealkylation sites (tertiary alicyclic amines) is 1. The number of hydrogen-bond donors (Lipinski definition) is 0. The lowest BCUT2D eigenvalue weighted by Gasteiger charge is -2.36. The standard InChI is InChI=1S/C26H31N3O5S/c1-34-22-8-5-19(6-9-22)11-12-29-25(30)18-24(26(29)31)27-13-15-28(16-14-27)35(32,33)23-10-7-20-3-2-4-21(20)17-23/h5-10,17,24H,2-4,11-16,18H2,1H3. The molecule has 1 aliphatic carbocycles. The Balaban J connectivity index is 1.18. The number of sulfonamides is 1. The lowest BCUT2D eigenvalue weighted by molar-refractivity contribution is -0.139. The molecule has 2 fully saturated rings. The van der Waals surface area contributed by atoms with E-state index in [0.29, 0.717) is 44.0 Å². The fraction of sp³-hybridized carbons (Fsp3) is 0.462. The molecule has 2 aromatic carbocycles. The quantitative estimate of drug-likeness (QED) is 0.543. The van der Waals surface area contributed by atoms with E-state index in [1.54, 1.807) is 13.2 Å². The SMILES string of the molecule is COc1ccc(CCN2C(=O)CC(N3CCN(S(=O)(=O)c4ccc5c(c4)CCC5)CC3)C2=O)cc1. The van der Waals surface area contributed by atoms with Gasteiger partial charge >= 0.3 is 0 Å². The average molecular weight is 498 g/mol. The van der Waals surface area contributed by atoms with Crippen molar-refractivity contribution >= 4 is 21.8 Å². The molecule has 2 aromatic rings. The lowest BCUT2D eigenvalue weighted by atomic mass is 10.1. The molecule has 0 aromatic heterocycles. The second-order valence-corrected chi connectivity index (χ2v) is 11.4. The Labute approximate surface area is 206 Å². The van der Waals surface area contributed by atoms with Crippen molar-refractivity contribution < 1.29 is 22.7 Å². The highest BCUT2D eigenvalue weighted by atomic mass is 32.2. The molecule has 5 rings (SSSR count). The highest BCUT2D eigenvalue weighted by Gasteiger charge is 2.43. The van der Waals surface area contributed by atoms with Crippen LogP contribution in [0.15, 0.2) is 47.4 Å². The van der Waals surface area contributed by atoms with E-state index in [2.05, 4.69) is 0 Å². The predicted octanol–water partition coefficient (Wildman–Crippen LogP) is 1.86. The summed E-state index contributed by atoms with van der Waals surface area (Å²) in [5.74, 6) is 0.416. The fourth-order valence-corrected chi connectivity index (χ4v) is 6.81. The van der Waals surface area contributed by atoms with Gasteiger partial charge in [0.05, 0.1) is 24.5 Å². The van der Waals surface area contributed by atoms with Gasteiger partial charge < -0.3 is 4.74 Å². The molecular formula is C26H31N3O5S. The summed E-state index contributed by atoms with van der Waals surface area (Å²) in [6.07, 6.45) is 3.75. The summed E-state index contributed by atoms with van der Waals surface area (Å²) >= 11 is 0. The van der Waals surface area contributed by atoms with Crippen LogP contribution in [-0.4, -0.2) is 80.2 Å². The van der Waals surface area contributed by atoms with Crippen LogP contribution in [0.25, 0.3) is 0 Å². The third-order valence-corrected chi connectivity index (χ3v) is 9.32. The molecule has 8 nitrogen and oxygen atoms in total. The molecular weight excluding hydrogens is 466 g/mol. The van der Waals surface area contributed by atoms with Gasteiger partial charge in [0.25, 0.3) is 0 Å². The fourth-order valence-electron chi connectivity index (χ4n) is 5.33. The van der Waals surface area contributed by atoms with Crippen LogP contribution in [0.2, 0.25) is 0 Å². The number of ether oxygens (including phenoxy) is 1. The number of methoxy groups -OCH3 is 1. The van der Waals surface area contributed by atoms with E-state index in [-0.39, 0.29) is 18.2 Å². The highest BCUT2D eigenvalue weighted by molar-refractivity contribution is 7.89. The van der Waals surface area contributed by atoms with Gasteiger partial charge in [-0.1, -0.05) is 18.2 Å². The minimum Gasteiger partial charge on any atom is -0.497 e. The average Bonchev–Trinajstić information content (AvgIpc) is 3.46. The Hall–Kier alpha value is -2.75. The number of aryl methyl sites for hydroxylation is 2. The maximum absolute atomic E-state index is 13.2. The summed E-state index contributed by atoms with van der Waals surface area (Å²) in [5, 5.41) is 0. The van der Waals surface area contributed by atoms with Crippen molar-refractivity contribution in [1.29, 1.82) is 0 Å². The zero-order valence-corrected chi connectivity index (χ0v) is 20.8. The molecule has 3 aliphatic rings. The summed E-state index contributed by atoms with van der Waals surface area (Å²) in [6, 6.07) is 12.6. The van der Waals surface area contributed by atoms with E-state index >= 15 is 0 Å². The van der Waals surface area contributed by atoms with Gasteiger partial charge in [-0.15, -0.1) is 0 Å². The van der Waals surface area contributed by atoms with Crippen LogP contribution in [0.4, 0.5) is 0 Å². The van der Waals surface area contributed by atoms with Gasteiger partial charge in [-0.05, 0) is 66.6 Å². The van der Waals surface area contributed by atoms with Crippen molar-refractivity contribution in [3.8, 4) is 5.75 Å². The number of fused-ring (bicyclic) bond motifs is 1. The van der Waals surface area contributed by atoms with Crippen LogP contribution < -0.4 is 4.74 Å². The van der Waals surface area contributed by atoms with E-state index in [1.165, 1.54) is 14.8 Å². The Bertz CT molecular complexity index is 1220. The number of hydrogen-bond acceptors (Lipinski definition) is 6. The number of benzene rings is 2. The number of rotatable bonds is 7. The van der Waals surface area contributed by atoms with Crippen LogP contribution in [-0.2, 0) is 38.9 Å². The second-order valence-electron chi connectivity index (χ2n) is 9.43. The number of piperazine rings is 1. The van der Waals surface area contributed by atoms with Crippen LogP contribution >= 0.6 is 0 Å². The van der Waals surface area contributed by atoms with Gasteiger partial charge in [0.15, 0.2) is 0 Å². The number of amides is 2. The Morgan fingerprint density at radius 3 is 2.37 bits per heavy atom. The van der Waals surface area contributed by atoms with Crippen molar-refractivity contribution in [3.05, 3.63) is 59.2 Å². The van der Waals surface area contributed by atoms with Gasteiger partial charge in [0.2, 0.25) is 21.8 Å². The monoisotopic (exact) mass is 497 g/mol. The molecule has 2 amide bonds. The maximum atomic E-state index is 13.2. The molecule has 1 atom stereocenters. The normalized spacial score (nSPS) is 21.5. The van der Waals surface area contributed by atoms with Crippen molar-refractivity contribution in [3.63, 3.8) is 0 Å². The molecule has 186 valence electrons. The third kappa shape index (κ3) is 4.72. The van der Waals surface area contributed by atoms with Crippen LogP contribution in [0.1, 0.15) is 29.5 Å². The summed E-state index contributed by atoms with van der Waals surface area (Å²) in [6.45, 7) is 1.82. The summed E-state index contributed by atoms with van der Waals surface area (Å²) in [7, 11) is -1.96. The van der Waals surface area contributed by atoms with E-state index in [1.807, 2.05) is 41.3 Å².